The van der Waals surface area contributed by atoms with Crippen LogP contribution in [-0.4, -0.2) is 46.9 Å². The van der Waals surface area contributed by atoms with Gasteiger partial charge in [0.05, 0.1) is 21.4 Å². The summed E-state index contributed by atoms with van der Waals surface area (Å²) in [5, 5.41) is 0.880. The van der Waals surface area contributed by atoms with E-state index in [1.165, 1.54) is 16.7 Å². The number of hydrogen-bond acceptors (Lipinski definition) is 7. The summed E-state index contributed by atoms with van der Waals surface area (Å²) in [6, 6.07) is 7.80. The minimum atomic E-state index is -4.00. The maximum absolute atomic E-state index is 12.5. The molecule has 3 rings (SSSR count). The molecule has 148 valence electrons. The van der Waals surface area contributed by atoms with Gasteiger partial charge in [-0.3, -0.25) is 14.2 Å². The highest BCUT2D eigenvalue weighted by Crippen LogP contribution is 2.46. The van der Waals surface area contributed by atoms with E-state index in [1.54, 1.807) is 23.9 Å². The minimum Gasteiger partial charge on any atom is -0.335 e. The number of carbonyl (C=O) groups excluding carboxylic acids is 1. The highest BCUT2D eigenvalue weighted by Gasteiger charge is 2.31. The van der Waals surface area contributed by atoms with Gasteiger partial charge in [0.25, 0.3) is 16.0 Å². The van der Waals surface area contributed by atoms with E-state index in [-0.39, 0.29) is 18.1 Å². The second-order valence-corrected chi connectivity index (χ2v) is 10.3. The first kappa shape index (κ1) is 21.1. The van der Waals surface area contributed by atoms with Gasteiger partial charge in [-0.15, -0.1) is 6.58 Å². The molecule has 0 unspecified atom stereocenters. The zero-order chi connectivity index (χ0) is 20.3. The number of hydrogen-bond donors (Lipinski definition) is 1. The quantitative estimate of drug-likeness (QED) is 0.290. The van der Waals surface area contributed by atoms with E-state index in [0.717, 1.165) is 15.6 Å². The lowest BCUT2D eigenvalue weighted by atomic mass is 10.3. The Hall–Kier alpha value is -1.59. The van der Waals surface area contributed by atoms with E-state index in [2.05, 4.69) is 6.58 Å². The van der Waals surface area contributed by atoms with Crippen LogP contribution in [0.15, 0.2) is 63.9 Å². The Bertz CT molecular complexity index is 985. The molecule has 0 spiro atoms. The first-order valence-corrected chi connectivity index (χ1v) is 12.0. The molecule has 1 fully saturated rings. The molecule has 0 aromatic heterocycles. The smallest absolute Gasteiger partial charge is 0.266 e. The minimum absolute atomic E-state index is 0.148. The maximum Gasteiger partial charge on any atom is 0.266 e. The number of benzene rings is 1. The highest BCUT2D eigenvalue weighted by atomic mass is 32.2. The summed E-state index contributed by atoms with van der Waals surface area (Å²) in [5.74, 6) is -0.450. The summed E-state index contributed by atoms with van der Waals surface area (Å²) in [7, 11) is -4.00. The summed E-state index contributed by atoms with van der Waals surface area (Å²) in [4.78, 5) is 17.5. The second kappa shape index (κ2) is 8.83. The zero-order valence-corrected chi connectivity index (χ0v) is 18.0. The van der Waals surface area contributed by atoms with E-state index in [0.29, 0.717) is 22.3 Å². The average Bonchev–Trinajstić information content (AvgIpc) is 3.11. The third kappa shape index (κ3) is 4.87. The molecule has 2 aliphatic rings. The van der Waals surface area contributed by atoms with Crippen LogP contribution in [-0.2, 0) is 14.9 Å². The van der Waals surface area contributed by atoms with E-state index in [9.17, 15) is 13.2 Å². The normalized spacial score (nSPS) is 19.8. The number of thiocarbonyl (C=S) groups is 1. The molecule has 1 aromatic rings. The van der Waals surface area contributed by atoms with Crippen LogP contribution in [0.5, 0.6) is 0 Å². The number of anilines is 1. The Labute approximate surface area is 178 Å². The molecule has 1 aromatic carbocycles. The van der Waals surface area contributed by atoms with Gasteiger partial charge in [0.1, 0.15) is 4.32 Å². The summed E-state index contributed by atoms with van der Waals surface area (Å²) in [6.07, 6.45) is 5.50. The van der Waals surface area contributed by atoms with Crippen molar-refractivity contribution in [1.29, 1.82) is 0 Å². The number of nitrogens with zero attached hydrogens (tertiary/aromatic N) is 2. The Morgan fingerprint density at radius 3 is 2.64 bits per heavy atom. The lowest BCUT2D eigenvalue weighted by molar-refractivity contribution is -0.121. The first-order valence-electron chi connectivity index (χ1n) is 8.36. The number of thioether (sulfide) groups is 2. The summed E-state index contributed by atoms with van der Waals surface area (Å²) < 4.78 is 31.5. The molecular formula is C18H18N2O4S4. The van der Waals surface area contributed by atoms with Gasteiger partial charge < -0.3 is 4.90 Å². The lowest BCUT2D eigenvalue weighted by Gasteiger charge is -2.19. The van der Waals surface area contributed by atoms with Crippen LogP contribution in [0.2, 0.25) is 0 Å². The van der Waals surface area contributed by atoms with E-state index < -0.39 is 10.1 Å². The van der Waals surface area contributed by atoms with Crippen molar-refractivity contribution in [1.82, 2.24) is 4.90 Å². The van der Waals surface area contributed by atoms with Crippen LogP contribution < -0.4 is 4.90 Å². The van der Waals surface area contributed by atoms with Crippen LogP contribution in [0.1, 0.15) is 6.42 Å². The monoisotopic (exact) mass is 454 g/mol. The van der Waals surface area contributed by atoms with Gasteiger partial charge in [0.2, 0.25) is 0 Å². The van der Waals surface area contributed by atoms with Crippen molar-refractivity contribution < 1.29 is 17.8 Å². The lowest BCUT2D eigenvalue weighted by Crippen LogP contribution is -2.27. The van der Waals surface area contributed by atoms with Crippen molar-refractivity contribution in [2.75, 3.05) is 23.7 Å². The number of fused-ring (bicyclic) bond motifs is 1. The molecule has 6 nitrogen and oxygen atoms in total. The maximum atomic E-state index is 12.5. The van der Waals surface area contributed by atoms with E-state index in [4.69, 9.17) is 16.8 Å². The summed E-state index contributed by atoms with van der Waals surface area (Å²) in [6.45, 7) is 4.45. The van der Waals surface area contributed by atoms with Crippen LogP contribution in [0.25, 0.3) is 0 Å². The molecule has 10 heteroatoms. The number of allylic oxidation sites excluding steroid dienone is 2. The molecular weight excluding hydrogens is 436 g/mol. The standard InChI is InChI=1S/C18H18N2O4S4/c1-2-10-20-17(21)15(27-18(20)25)8-9-16-19(11-5-12-28(22,23)24)13-6-3-4-7-14(13)26-16/h2-4,6-9H,1,5,10-12H2,(H,22,23,24). The van der Waals surface area contributed by atoms with Gasteiger partial charge in [0, 0.05) is 18.0 Å². The van der Waals surface area contributed by atoms with Gasteiger partial charge in [-0.25, -0.2) is 0 Å². The SMILES string of the molecule is C=CCN1C(=O)C(=CC=C2Sc3ccccc3N2CCCS(=O)(=O)O)SC1=S. The molecule has 0 radical (unpaired) electrons. The van der Waals surface area contributed by atoms with E-state index >= 15 is 0 Å². The van der Waals surface area contributed by atoms with E-state index in [1.807, 2.05) is 35.2 Å². The molecule has 0 bridgehead atoms. The topological polar surface area (TPSA) is 77.9 Å². The predicted octanol–water partition coefficient (Wildman–Crippen LogP) is 3.65. The molecule has 0 aliphatic carbocycles. The highest BCUT2D eigenvalue weighted by molar-refractivity contribution is 8.26. The largest absolute Gasteiger partial charge is 0.335 e. The Balaban J connectivity index is 1.82. The van der Waals surface area contributed by atoms with Gasteiger partial charge in [-0.1, -0.05) is 54.0 Å². The number of carbonyl (C=O) groups is 1. The molecule has 1 amide bonds. The first-order chi connectivity index (χ1) is 13.3. The number of para-hydroxylation sites is 1. The van der Waals surface area contributed by atoms with Crippen molar-refractivity contribution in [3.63, 3.8) is 0 Å². The van der Waals surface area contributed by atoms with Crippen LogP contribution >= 0.6 is 35.7 Å². The Morgan fingerprint density at radius 2 is 1.93 bits per heavy atom. The van der Waals surface area contributed by atoms with Crippen LogP contribution in [0.4, 0.5) is 5.69 Å². The summed E-state index contributed by atoms with van der Waals surface area (Å²) >= 11 is 8.04. The third-order valence-corrected chi connectivity index (χ3v) is 7.31. The molecule has 28 heavy (non-hydrogen) atoms. The van der Waals surface area contributed by atoms with Crippen molar-refractivity contribution in [3.05, 3.63) is 59.0 Å². The van der Waals surface area contributed by atoms with Crippen LogP contribution in [0, 0.1) is 0 Å². The molecule has 2 aliphatic heterocycles. The summed E-state index contributed by atoms with van der Waals surface area (Å²) in [5.41, 5.74) is 0.974. The average molecular weight is 455 g/mol. The fraction of sp³-hybridized carbons (Fsp3) is 0.222. The van der Waals surface area contributed by atoms with Crippen LogP contribution in [0.3, 0.4) is 0 Å². The van der Waals surface area contributed by atoms with Gasteiger partial charge in [-0.2, -0.15) is 8.42 Å². The third-order valence-electron chi connectivity index (χ3n) is 3.98. The molecule has 1 saturated heterocycles. The fourth-order valence-electron chi connectivity index (χ4n) is 2.76. The van der Waals surface area contributed by atoms with Crippen molar-refractivity contribution in [2.45, 2.75) is 11.3 Å². The number of amides is 1. The van der Waals surface area contributed by atoms with Gasteiger partial charge in [-0.05, 0) is 30.7 Å². The molecule has 0 saturated carbocycles. The fourth-order valence-corrected chi connectivity index (χ4v) is 5.56. The Morgan fingerprint density at radius 1 is 1.18 bits per heavy atom. The predicted molar refractivity (Wildman–Crippen MR) is 119 cm³/mol. The van der Waals surface area contributed by atoms with Crippen molar-refractivity contribution in [2.24, 2.45) is 0 Å². The Kier molecular flexibility index (Phi) is 6.66. The van der Waals surface area contributed by atoms with Crippen molar-refractivity contribution >= 4 is 61.8 Å². The van der Waals surface area contributed by atoms with Gasteiger partial charge >= 0.3 is 0 Å². The van der Waals surface area contributed by atoms with Gasteiger partial charge in [0.15, 0.2) is 0 Å². The molecule has 2 heterocycles. The number of rotatable bonds is 7. The molecule has 0 atom stereocenters. The second-order valence-electron chi connectivity index (χ2n) is 5.97. The zero-order valence-electron chi connectivity index (χ0n) is 14.8. The molecule has 1 N–H and O–H groups in total. The van der Waals surface area contributed by atoms with Crippen molar-refractivity contribution in [3.8, 4) is 0 Å².